The van der Waals surface area contributed by atoms with E-state index in [9.17, 15) is 0 Å². The van der Waals surface area contributed by atoms with Gasteiger partial charge in [-0.1, -0.05) is 31.9 Å². The van der Waals surface area contributed by atoms with E-state index in [1.807, 2.05) is 0 Å². The normalized spacial score (nSPS) is 17.9. The number of methoxy groups -OCH3 is 1. The van der Waals surface area contributed by atoms with E-state index < -0.39 is 0 Å². The summed E-state index contributed by atoms with van der Waals surface area (Å²) in [4.78, 5) is 0. The maximum Gasteiger partial charge on any atom is 0.122 e. The average molecular weight is 247 g/mol. The Hall–Kier alpha value is -1.02. The van der Waals surface area contributed by atoms with Crippen LogP contribution in [0.3, 0.4) is 0 Å². The molecule has 1 aromatic carbocycles. The van der Waals surface area contributed by atoms with E-state index in [4.69, 9.17) is 10.5 Å². The zero-order valence-corrected chi connectivity index (χ0v) is 11.6. The fourth-order valence-corrected chi connectivity index (χ4v) is 3.03. The second-order valence-corrected chi connectivity index (χ2v) is 5.46. The zero-order chi connectivity index (χ0) is 13.0. The third-order valence-corrected chi connectivity index (χ3v) is 4.22. The molecular weight excluding hydrogens is 222 g/mol. The van der Waals surface area contributed by atoms with Crippen LogP contribution >= 0.6 is 0 Å². The molecule has 0 spiro atoms. The van der Waals surface area contributed by atoms with Crippen molar-refractivity contribution in [1.82, 2.24) is 0 Å². The van der Waals surface area contributed by atoms with Crippen LogP contribution in [0.4, 0.5) is 0 Å². The second kappa shape index (κ2) is 6.24. The molecule has 2 rings (SSSR count). The predicted octanol–water partition coefficient (Wildman–Crippen LogP) is 3.81. The number of hydrogen-bond donors (Lipinski definition) is 1. The Balaban J connectivity index is 2.26. The van der Waals surface area contributed by atoms with Crippen LogP contribution in [-0.4, -0.2) is 13.7 Å². The molecule has 0 bridgehead atoms. The molecule has 2 N–H and O–H groups in total. The highest BCUT2D eigenvalue weighted by Gasteiger charge is 2.21. The molecule has 18 heavy (non-hydrogen) atoms. The molecule has 1 saturated carbocycles. The van der Waals surface area contributed by atoms with Crippen LogP contribution in [-0.2, 0) is 0 Å². The van der Waals surface area contributed by atoms with E-state index >= 15 is 0 Å². The predicted molar refractivity (Wildman–Crippen MR) is 76.3 cm³/mol. The number of nitrogens with two attached hydrogens (primary N) is 1. The van der Waals surface area contributed by atoms with E-state index in [-0.39, 0.29) is 0 Å². The van der Waals surface area contributed by atoms with Crippen LogP contribution < -0.4 is 10.5 Å². The molecule has 0 amide bonds. The first-order valence-electron chi connectivity index (χ1n) is 7.14. The van der Waals surface area contributed by atoms with Crippen molar-refractivity contribution in [3.05, 3.63) is 29.3 Å². The molecule has 2 nitrogen and oxygen atoms in total. The molecule has 1 atom stereocenters. The summed E-state index contributed by atoms with van der Waals surface area (Å²) in [5.41, 5.74) is 8.48. The molecule has 1 aromatic rings. The van der Waals surface area contributed by atoms with Gasteiger partial charge in [0.15, 0.2) is 0 Å². The Morgan fingerprint density at radius 2 is 2.06 bits per heavy atom. The largest absolute Gasteiger partial charge is 0.496 e. The van der Waals surface area contributed by atoms with E-state index in [1.165, 1.54) is 36.8 Å². The number of ether oxygens (including phenoxy) is 1. The lowest BCUT2D eigenvalue weighted by Crippen LogP contribution is -2.06. The number of benzene rings is 1. The van der Waals surface area contributed by atoms with Crippen LogP contribution in [0.25, 0.3) is 0 Å². The van der Waals surface area contributed by atoms with Crippen LogP contribution in [0.15, 0.2) is 18.2 Å². The first kappa shape index (κ1) is 13.4. The number of hydrogen-bond acceptors (Lipinski definition) is 2. The van der Waals surface area contributed by atoms with Crippen molar-refractivity contribution in [2.75, 3.05) is 13.7 Å². The van der Waals surface area contributed by atoms with Gasteiger partial charge >= 0.3 is 0 Å². The smallest absolute Gasteiger partial charge is 0.122 e. The quantitative estimate of drug-likeness (QED) is 0.858. The molecule has 0 saturated heterocycles. The molecule has 1 aliphatic rings. The Morgan fingerprint density at radius 3 is 2.67 bits per heavy atom. The minimum absolute atomic E-state index is 0.543. The fraction of sp³-hybridized carbons (Fsp3) is 0.625. The standard InChI is InChI=1S/C16H25NO/c1-12(9-10-17)14-7-8-16(18-2)15(11-14)13-5-3-4-6-13/h7-8,11-13H,3-6,9-10,17H2,1-2H3. The molecule has 100 valence electrons. The summed E-state index contributed by atoms with van der Waals surface area (Å²) < 4.78 is 5.53. The summed E-state index contributed by atoms with van der Waals surface area (Å²) in [6.45, 7) is 3.01. The van der Waals surface area contributed by atoms with Crippen molar-refractivity contribution >= 4 is 0 Å². The van der Waals surface area contributed by atoms with Crippen LogP contribution in [0.2, 0.25) is 0 Å². The highest BCUT2D eigenvalue weighted by molar-refractivity contribution is 5.41. The summed E-state index contributed by atoms with van der Waals surface area (Å²) >= 11 is 0. The molecule has 1 fully saturated rings. The lowest BCUT2D eigenvalue weighted by Gasteiger charge is -2.18. The topological polar surface area (TPSA) is 35.2 Å². The molecule has 1 aliphatic carbocycles. The molecule has 0 heterocycles. The second-order valence-electron chi connectivity index (χ2n) is 5.46. The van der Waals surface area contributed by atoms with Crippen molar-refractivity contribution in [3.8, 4) is 5.75 Å². The van der Waals surface area contributed by atoms with Gasteiger partial charge in [-0.05, 0) is 54.8 Å². The maximum absolute atomic E-state index is 5.66. The SMILES string of the molecule is COc1ccc(C(C)CCN)cc1C1CCCC1. The molecule has 1 unspecified atom stereocenters. The van der Waals surface area contributed by atoms with Gasteiger partial charge in [0.1, 0.15) is 5.75 Å². The Bertz CT molecular complexity index is 383. The van der Waals surface area contributed by atoms with Gasteiger partial charge in [0, 0.05) is 0 Å². The van der Waals surface area contributed by atoms with E-state index in [1.54, 1.807) is 7.11 Å². The Kier molecular flexibility index (Phi) is 4.65. The third kappa shape index (κ3) is 2.86. The van der Waals surface area contributed by atoms with Crippen LogP contribution in [0, 0.1) is 0 Å². The van der Waals surface area contributed by atoms with Crippen LogP contribution in [0.1, 0.15) is 62.0 Å². The summed E-state index contributed by atoms with van der Waals surface area (Å²) in [7, 11) is 1.77. The van der Waals surface area contributed by atoms with E-state index in [0.717, 1.165) is 18.7 Å². The van der Waals surface area contributed by atoms with Gasteiger partial charge in [-0.2, -0.15) is 0 Å². The zero-order valence-electron chi connectivity index (χ0n) is 11.6. The van der Waals surface area contributed by atoms with Crippen molar-refractivity contribution in [2.45, 2.75) is 50.9 Å². The highest BCUT2D eigenvalue weighted by Crippen LogP contribution is 2.40. The summed E-state index contributed by atoms with van der Waals surface area (Å²) in [6, 6.07) is 6.68. The number of rotatable bonds is 5. The minimum Gasteiger partial charge on any atom is -0.496 e. The Labute approximate surface area is 111 Å². The summed E-state index contributed by atoms with van der Waals surface area (Å²) in [5, 5.41) is 0. The van der Waals surface area contributed by atoms with Crippen molar-refractivity contribution < 1.29 is 4.74 Å². The first-order valence-corrected chi connectivity index (χ1v) is 7.14. The lowest BCUT2D eigenvalue weighted by atomic mass is 9.90. The van der Waals surface area contributed by atoms with Gasteiger partial charge in [-0.25, -0.2) is 0 Å². The van der Waals surface area contributed by atoms with Gasteiger partial charge < -0.3 is 10.5 Å². The maximum atomic E-state index is 5.66. The van der Waals surface area contributed by atoms with Crippen LogP contribution in [0.5, 0.6) is 5.75 Å². The molecule has 0 aliphatic heterocycles. The summed E-state index contributed by atoms with van der Waals surface area (Å²) in [6.07, 6.45) is 6.39. The monoisotopic (exact) mass is 247 g/mol. The van der Waals surface area contributed by atoms with Gasteiger partial charge in [-0.15, -0.1) is 0 Å². The van der Waals surface area contributed by atoms with Gasteiger partial charge in [0.2, 0.25) is 0 Å². The first-order chi connectivity index (χ1) is 8.76. The Morgan fingerprint density at radius 1 is 1.33 bits per heavy atom. The van der Waals surface area contributed by atoms with Gasteiger partial charge in [0.25, 0.3) is 0 Å². The third-order valence-electron chi connectivity index (χ3n) is 4.22. The van der Waals surface area contributed by atoms with Gasteiger partial charge in [-0.3, -0.25) is 0 Å². The average Bonchev–Trinajstić information content (AvgIpc) is 2.92. The van der Waals surface area contributed by atoms with Gasteiger partial charge in [0.05, 0.1) is 7.11 Å². The van der Waals surface area contributed by atoms with Crippen molar-refractivity contribution in [1.29, 1.82) is 0 Å². The minimum atomic E-state index is 0.543. The molecular formula is C16H25NO. The molecule has 2 heteroatoms. The highest BCUT2D eigenvalue weighted by atomic mass is 16.5. The fourth-order valence-electron chi connectivity index (χ4n) is 3.03. The molecule has 0 aromatic heterocycles. The lowest BCUT2D eigenvalue weighted by molar-refractivity contribution is 0.405. The van der Waals surface area contributed by atoms with Crippen molar-refractivity contribution in [2.24, 2.45) is 5.73 Å². The van der Waals surface area contributed by atoms with E-state index in [0.29, 0.717) is 11.8 Å². The van der Waals surface area contributed by atoms with E-state index in [2.05, 4.69) is 25.1 Å². The summed E-state index contributed by atoms with van der Waals surface area (Å²) in [5.74, 6) is 2.30. The van der Waals surface area contributed by atoms with Crippen molar-refractivity contribution in [3.63, 3.8) is 0 Å². The molecule has 0 radical (unpaired) electrons.